The maximum Gasteiger partial charge on any atom is 0.337 e. The Balaban J connectivity index is 2.31. The molecule has 0 saturated heterocycles. The van der Waals surface area contributed by atoms with Crippen LogP contribution in [0.5, 0.6) is 5.75 Å². The van der Waals surface area contributed by atoms with Crippen molar-refractivity contribution < 1.29 is 23.8 Å². The lowest BCUT2D eigenvalue weighted by Crippen LogP contribution is -2.31. The van der Waals surface area contributed by atoms with E-state index in [1.54, 1.807) is 38.1 Å². The molecule has 0 fully saturated rings. The lowest BCUT2D eigenvalue weighted by atomic mass is 9.99. The van der Waals surface area contributed by atoms with Crippen LogP contribution in [0.1, 0.15) is 25.8 Å². The number of hydrogen-bond donors (Lipinski definition) is 0. The molecular weight excluding hydrogens is 308 g/mol. The van der Waals surface area contributed by atoms with Crippen molar-refractivity contribution in [2.24, 2.45) is 0 Å². The molecule has 6 heteroatoms. The highest BCUT2D eigenvalue weighted by molar-refractivity contribution is 6.30. The van der Waals surface area contributed by atoms with Crippen LogP contribution in [0.15, 0.2) is 23.8 Å². The van der Waals surface area contributed by atoms with Crippen LogP contribution in [-0.2, 0) is 19.1 Å². The summed E-state index contributed by atoms with van der Waals surface area (Å²) < 4.78 is 15.7. The number of benzene rings is 1. The number of rotatable bonds is 5. The fraction of sp³-hybridized carbons (Fsp3) is 0.375. The summed E-state index contributed by atoms with van der Waals surface area (Å²) in [6, 6.07) is 5.08. The van der Waals surface area contributed by atoms with E-state index in [-0.39, 0.29) is 25.2 Å². The zero-order chi connectivity index (χ0) is 16.1. The van der Waals surface area contributed by atoms with E-state index in [1.807, 2.05) is 0 Å². The first-order valence-electron chi connectivity index (χ1n) is 7.05. The van der Waals surface area contributed by atoms with E-state index < -0.39 is 18.0 Å². The number of hydrogen-bond acceptors (Lipinski definition) is 5. The van der Waals surface area contributed by atoms with Gasteiger partial charge in [0.2, 0.25) is 0 Å². The summed E-state index contributed by atoms with van der Waals surface area (Å²) >= 11 is 5.95. The molecule has 0 N–H and O–H groups in total. The Kier molecular flexibility index (Phi) is 5.44. The number of esters is 2. The third-order valence-electron chi connectivity index (χ3n) is 3.07. The topological polar surface area (TPSA) is 61.8 Å². The van der Waals surface area contributed by atoms with Gasteiger partial charge in [0.05, 0.1) is 25.2 Å². The summed E-state index contributed by atoms with van der Waals surface area (Å²) in [4.78, 5) is 23.8. The predicted molar refractivity (Wildman–Crippen MR) is 81.7 cm³/mol. The maximum absolute atomic E-state index is 12.1. The Morgan fingerprint density at radius 2 is 1.95 bits per heavy atom. The molecule has 1 heterocycles. The summed E-state index contributed by atoms with van der Waals surface area (Å²) in [5.41, 5.74) is 0.959. The second-order valence-corrected chi connectivity index (χ2v) is 5.05. The van der Waals surface area contributed by atoms with Crippen LogP contribution in [0.4, 0.5) is 0 Å². The zero-order valence-electron chi connectivity index (χ0n) is 12.4. The van der Waals surface area contributed by atoms with Crippen LogP contribution in [0.2, 0.25) is 5.02 Å². The van der Waals surface area contributed by atoms with Crippen LogP contribution in [0.3, 0.4) is 0 Å². The molecule has 1 aliphatic heterocycles. The van der Waals surface area contributed by atoms with Crippen LogP contribution in [0, 0.1) is 0 Å². The lowest BCUT2D eigenvalue weighted by molar-refractivity contribution is -0.145. The van der Waals surface area contributed by atoms with Crippen LogP contribution in [0.25, 0.3) is 6.08 Å². The van der Waals surface area contributed by atoms with E-state index in [4.69, 9.17) is 25.8 Å². The molecule has 0 radical (unpaired) electrons. The Morgan fingerprint density at radius 3 is 2.64 bits per heavy atom. The molecule has 1 aromatic rings. The number of carbonyl (C=O) groups is 2. The van der Waals surface area contributed by atoms with Gasteiger partial charge >= 0.3 is 11.9 Å². The number of carbonyl (C=O) groups excluding carboxylic acids is 2. The van der Waals surface area contributed by atoms with Crippen molar-refractivity contribution in [1.29, 1.82) is 0 Å². The van der Waals surface area contributed by atoms with Crippen molar-refractivity contribution >= 4 is 29.6 Å². The predicted octanol–water partition coefficient (Wildman–Crippen LogP) is 3.00. The maximum atomic E-state index is 12.1. The monoisotopic (exact) mass is 324 g/mol. The fourth-order valence-corrected chi connectivity index (χ4v) is 2.32. The third kappa shape index (κ3) is 3.80. The summed E-state index contributed by atoms with van der Waals surface area (Å²) in [6.45, 7) is 3.95. The first kappa shape index (κ1) is 16.4. The van der Waals surface area contributed by atoms with E-state index >= 15 is 0 Å². The first-order chi connectivity index (χ1) is 10.5. The number of halogens is 1. The van der Waals surface area contributed by atoms with E-state index in [2.05, 4.69) is 0 Å². The smallest absolute Gasteiger partial charge is 0.337 e. The molecule has 1 unspecified atom stereocenters. The van der Waals surface area contributed by atoms with Gasteiger partial charge in [-0.15, -0.1) is 0 Å². The van der Waals surface area contributed by atoms with Crippen LogP contribution in [-0.4, -0.2) is 31.3 Å². The molecule has 5 nitrogen and oxygen atoms in total. The van der Waals surface area contributed by atoms with Gasteiger partial charge in [0.1, 0.15) is 11.9 Å². The molecule has 0 spiro atoms. The van der Waals surface area contributed by atoms with E-state index in [9.17, 15) is 9.59 Å². The minimum Gasteiger partial charge on any atom is -0.484 e. The third-order valence-corrected chi connectivity index (χ3v) is 3.30. The molecular formula is C16H17ClO5. The van der Waals surface area contributed by atoms with Gasteiger partial charge in [0, 0.05) is 10.6 Å². The standard InChI is InChI=1S/C16H17ClO5/c1-3-20-15(18)9-14-12(16(19)21-4-2)8-10-7-11(17)5-6-13(10)22-14/h5-8,14H,3-4,9H2,1-2H3. The van der Waals surface area contributed by atoms with Gasteiger partial charge in [0.15, 0.2) is 0 Å². The van der Waals surface area contributed by atoms with Gasteiger partial charge in [-0.2, -0.15) is 0 Å². The normalized spacial score (nSPS) is 16.1. The van der Waals surface area contributed by atoms with Crippen molar-refractivity contribution in [3.63, 3.8) is 0 Å². The molecule has 1 aliphatic rings. The van der Waals surface area contributed by atoms with Crippen molar-refractivity contribution in [2.45, 2.75) is 26.4 Å². The molecule has 0 bridgehead atoms. The van der Waals surface area contributed by atoms with Gasteiger partial charge in [-0.1, -0.05) is 11.6 Å². The van der Waals surface area contributed by atoms with E-state index in [1.165, 1.54) is 0 Å². The Bertz CT molecular complexity index is 609. The second kappa shape index (κ2) is 7.31. The SMILES string of the molecule is CCOC(=O)CC1Oc2ccc(Cl)cc2C=C1C(=O)OCC. The Hall–Kier alpha value is -2.01. The molecule has 0 aliphatic carbocycles. The van der Waals surface area contributed by atoms with E-state index in [0.29, 0.717) is 16.3 Å². The summed E-state index contributed by atoms with van der Waals surface area (Å²) in [5.74, 6) is -0.380. The highest BCUT2D eigenvalue weighted by Gasteiger charge is 2.31. The highest BCUT2D eigenvalue weighted by Crippen LogP contribution is 2.33. The molecule has 118 valence electrons. The average Bonchev–Trinajstić information content (AvgIpc) is 2.47. The zero-order valence-corrected chi connectivity index (χ0v) is 13.2. The molecule has 0 amide bonds. The second-order valence-electron chi connectivity index (χ2n) is 4.62. The molecule has 2 rings (SSSR count). The van der Waals surface area contributed by atoms with Gasteiger partial charge in [-0.25, -0.2) is 4.79 Å². The molecule has 0 aromatic heterocycles. The lowest BCUT2D eigenvalue weighted by Gasteiger charge is -2.25. The fourth-order valence-electron chi connectivity index (χ4n) is 2.14. The average molecular weight is 325 g/mol. The summed E-state index contributed by atoms with van der Waals surface area (Å²) in [6.07, 6.45) is 0.861. The van der Waals surface area contributed by atoms with Crippen LogP contribution < -0.4 is 4.74 Å². The van der Waals surface area contributed by atoms with Gasteiger partial charge in [0.25, 0.3) is 0 Å². The molecule has 22 heavy (non-hydrogen) atoms. The quantitative estimate of drug-likeness (QED) is 0.779. The van der Waals surface area contributed by atoms with Crippen LogP contribution >= 0.6 is 11.6 Å². The van der Waals surface area contributed by atoms with Crippen molar-refractivity contribution in [2.75, 3.05) is 13.2 Å². The number of ether oxygens (including phenoxy) is 3. The van der Waals surface area contributed by atoms with Crippen molar-refractivity contribution in [3.8, 4) is 5.75 Å². The number of fused-ring (bicyclic) bond motifs is 1. The van der Waals surface area contributed by atoms with Gasteiger partial charge in [-0.05, 0) is 38.1 Å². The summed E-state index contributed by atoms with van der Waals surface area (Å²) in [5, 5.41) is 0.533. The minimum atomic E-state index is -0.730. The van der Waals surface area contributed by atoms with Crippen molar-refractivity contribution in [1.82, 2.24) is 0 Å². The molecule has 1 aromatic carbocycles. The van der Waals surface area contributed by atoms with Crippen molar-refractivity contribution in [3.05, 3.63) is 34.4 Å². The Morgan fingerprint density at radius 1 is 1.23 bits per heavy atom. The first-order valence-corrected chi connectivity index (χ1v) is 7.43. The highest BCUT2D eigenvalue weighted by atomic mass is 35.5. The largest absolute Gasteiger partial charge is 0.484 e. The molecule has 0 saturated carbocycles. The Labute approximate surface area is 133 Å². The minimum absolute atomic E-state index is 0.0550. The summed E-state index contributed by atoms with van der Waals surface area (Å²) in [7, 11) is 0. The van der Waals surface area contributed by atoms with Gasteiger partial charge in [-0.3, -0.25) is 4.79 Å². The van der Waals surface area contributed by atoms with E-state index in [0.717, 1.165) is 0 Å². The van der Waals surface area contributed by atoms with Gasteiger partial charge < -0.3 is 14.2 Å². The molecule has 1 atom stereocenters.